The Kier molecular flexibility index (Phi) is 10.1. The van der Waals surface area contributed by atoms with Crippen molar-refractivity contribution in [1.82, 2.24) is 19.9 Å². The summed E-state index contributed by atoms with van der Waals surface area (Å²) in [6.07, 6.45) is 4.54. The first-order chi connectivity index (χ1) is 21.2. The van der Waals surface area contributed by atoms with Gasteiger partial charge in [-0.2, -0.15) is 0 Å². The van der Waals surface area contributed by atoms with E-state index >= 15 is 0 Å². The molecule has 1 atom stereocenters. The summed E-state index contributed by atoms with van der Waals surface area (Å²) in [6, 6.07) is 32.9. The second-order valence-corrected chi connectivity index (χ2v) is 23.1. The van der Waals surface area contributed by atoms with Gasteiger partial charge in [0.05, 0.1) is 22.4 Å². The number of benzene rings is 3. The molecule has 3 aromatic carbocycles. The van der Waals surface area contributed by atoms with E-state index in [2.05, 4.69) is 82.6 Å². The van der Waals surface area contributed by atoms with Gasteiger partial charge in [-0.3, -0.25) is 4.98 Å². The smallest absolute Gasteiger partial charge is 0.216 e. The van der Waals surface area contributed by atoms with E-state index < -0.39 is 13.3 Å². The molecule has 1 unspecified atom stereocenters. The molecule has 5 nitrogen and oxygen atoms in total. The maximum atomic E-state index is 6.01. The summed E-state index contributed by atoms with van der Waals surface area (Å²) in [5.74, 6) is 8.83. The molecule has 0 aliphatic heterocycles. The topological polar surface area (TPSA) is 67.6 Å². The third-order valence-electron chi connectivity index (χ3n) is 8.11. The third-order valence-corrected chi connectivity index (χ3v) is 12.4. The predicted octanol–water partition coefficient (Wildman–Crippen LogP) is 9.31. The Labute approximate surface area is 281 Å². The minimum absolute atomic E-state index is 0. The SMILES string of the molecule is CCC(C)Cc1cc(-c2[c-]cccc2)nc[c]1[Ge]([CH3])([CH3])[CH3].Cc1ccc2c(n1)oc1c(-c3nc4ccccc4[nH]3)[c-]ccc12.[Ir]. The molecule has 7 rings (SSSR count). The minimum atomic E-state index is -1.87. The fourth-order valence-corrected chi connectivity index (χ4v) is 8.86. The van der Waals surface area contributed by atoms with E-state index in [0.717, 1.165) is 68.1 Å². The molecule has 0 amide bonds. The molecule has 0 saturated carbocycles. The minimum Gasteiger partial charge on any atom is -0.486 e. The number of hydrogen-bond donors (Lipinski definition) is 1. The van der Waals surface area contributed by atoms with Crippen LogP contribution in [0.15, 0.2) is 89.5 Å². The quantitative estimate of drug-likeness (QED) is 0.134. The fourth-order valence-electron chi connectivity index (χ4n) is 5.52. The molecule has 0 aliphatic rings. The number of nitrogens with zero attached hydrogens (tertiary/aromatic N) is 3. The zero-order valence-electron chi connectivity index (χ0n) is 26.7. The van der Waals surface area contributed by atoms with Crippen molar-refractivity contribution in [3.05, 3.63) is 108 Å². The standard InChI is InChI=1S/C19H26GeN.C19H12N3O.Ir/c1-6-15(2)12-17-13-19(16-10-8-7-9-11-16)21-14-18(17)20(3,4)5;1-11-9-10-13-12-5-4-6-14(17(12)23-19(13)20-11)18-21-15-7-2-3-8-16(15)22-18;/h7-10,13-15H,6,12H2,1-5H3;2-5,7-10H,1H3,(H,21,22);/q2*-1;. The largest absolute Gasteiger partial charge is 0.486 e. The summed E-state index contributed by atoms with van der Waals surface area (Å²) in [5, 5.41) is 2.04. The van der Waals surface area contributed by atoms with Crippen LogP contribution in [0.4, 0.5) is 0 Å². The molecular formula is C38H38GeIrN4O-2. The third kappa shape index (κ3) is 7.14. The molecule has 1 radical (unpaired) electrons. The van der Waals surface area contributed by atoms with Crippen molar-refractivity contribution in [2.24, 2.45) is 5.92 Å². The molecule has 0 fully saturated rings. The van der Waals surface area contributed by atoms with Crippen molar-refractivity contribution in [2.75, 3.05) is 0 Å². The Morgan fingerprint density at radius 2 is 1.71 bits per heavy atom. The van der Waals surface area contributed by atoms with Crippen LogP contribution >= 0.6 is 0 Å². The Bertz CT molecular complexity index is 2030. The van der Waals surface area contributed by atoms with Crippen molar-refractivity contribution in [2.45, 2.75) is 50.9 Å². The van der Waals surface area contributed by atoms with E-state index in [4.69, 9.17) is 9.40 Å². The average molecular weight is 832 g/mol. The molecule has 7 aromatic rings. The van der Waals surface area contributed by atoms with Crippen molar-refractivity contribution in [3.8, 4) is 22.6 Å². The summed E-state index contributed by atoms with van der Waals surface area (Å²) in [5.41, 5.74) is 8.77. The zero-order chi connectivity index (χ0) is 30.8. The Morgan fingerprint density at radius 3 is 2.44 bits per heavy atom. The van der Waals surface area contributed by atoms with Crippen LogP contribution in [0.25, 0.3) is 55.7 Å². The molecule has 0 spiro atoms. The van der Waals surface area contributed by atoms with Gasteiger partial charge >= 0.3 is 132 Å². The molecule has 0 aliphatic carbocycles. The van der Waals surface area contributed by atoms with Gasteiger partial charge in [-0.1, -0.05) is 23.1 Å². The van der Waals surface area contributed by atoms with Crippen LogP contribution < -0.4 is 4.40 Å². The second-order valence-electron chi connectivity index (χ2n) is 12.6. The van der Waals surface area contributed by atoms with E-state index in [1.807, 2.05) is 67.6 Å². The van der Waals surface area contributed by atoms with Crippen LogP contribution in [0.1, 0.15) is 31.5 Å². The van der Waals surface area contributed by atoms with E-state index in [-0.39, 0.29) is 20.1 Å². The number of hydrogen-bond acceptors (Lipinski definition) is 4. The van der Waals surface area contributed by atoms with Gasteiger partial charge in [0.1, 0.15) is 0 Å². The van der Waals surface area contributed by atoms with Crippen molar-refractivity contribution in [3.63, 3.8) is 0 Å². The van der Waals surface area contributed by atoms with Crippen molar-refractivity contribution in [1.29, 1.82) is 0 Å². The molecule has 45 heavy (non-hydrogen) atoms. The monoisotopic (exact) mass is 833 g/mol. The number of furan rings is 1. The maximum absolute atomic E-state index is 6.01. The summed E-state index contributed by atoms with van der Waals surface area (Å²) in [4.78, 5) is 17.2. The van der Waals surface area contributed by atoms with Gasteiger partial charge in [0, 0.05) is 31.2 Å². The molecule has 1 N–H and O–H groups in total. The molecule has 231 valence electrons. The van der Waals surface area contributed by atoms with Gasteiger partial charge in [0.15, 0.2) is 0 Å². The van der Waals surface area contributed by atoms with E-state index in [1.54, 1.807) is 4.40 Å². The van der Waals surface area contributed by atoms with Crippen LogP contribution in [0, 0.1) is 25.0 Å². The molecule has 0 bridgehead atoms. The Hall–Kier alpha value is -3.58. The number of aromatic amines is 1. The van der Waals surface area contributed by atoms with Gasteiger partial charge in [0.2, 0.25) is 5.71 Å². The molecule has 0 saturated heterocycles. The number of para-hydroxylation sites is 2. The van der Waals surface area contributed by atoms with Crippen molar-refractivity contribution >= 4 is 50.8 Å². The number of aromatic nitrogens is 4. The predicted molar refractivity (Wildman–Crippen MR) is 185 cm³/mol. The molecule has 4 heterocycles. The fraction of sp³-hybridized carbons (Fsp3) is 0.237. The second kappa shape index (κ2) is 13.8. The molecule has 7 heteroatoms. The normalized spacial score (nSPS) is 12.1. The maximum Gasteiger partial charge on any atom is 0.216 e. The van der Waals surface area contributed by atoms with Crippen LogP contribution in [0.5, 0.6) is 0 Å². The van der Waals surface area contributed by atoms with E-state index in [0.29, 0.717) is 5.71 Å². The van der Waals surface area contributed by atoms with Crippen LogP contribution in [0.3, 0.4) is 0 Å². The number of H-pyrrole nitrogens is 1. The Balaban J connectivity index is 0.000000175. The first-order valence-corrected chi connectivity index (χ1v) is 22.7. The van der Waals surface area contributed by atoms with Gasteiger partial charge in [-0.25, -0.2) is 4.98 Å². The number of nitrogens with one attached hydrogen (secondary N) is 1. The molecule has 4 aromatic heterocycles. The Morgan fingerprint density at radius 1 is 0.911 bits per heavy atom. The van der Waals surface area contributed by atoms with Crippen LogP contribution in [-0.4, -0.2) is 33.2 Å². The van der Waals surface area contributed by atoms with E-state index in [1.165, 1.54) is 12.0 Å². The number of aryl methyl sites for hydroxylation is 1. The summed E-state index contributed by atoms with van der Waals surface area (Å²) in [6.45, 7) is 6.57. The van der Waals surface area contributed by atoms with E-state index in [9.17, 15) is 0 Å². The number of fused-ring (bicyclic) bond motifs is 4. The first-order valence-electron chi connectivity index (χ1n) is 15.3. The van der Waals surface area contributed by atoms with Gasteiger partial charge in [0.25, 0.3) is 0 Å². The van der Waals surface area contributed by atoms with Crippen molar-refractivity contribution < 1.29 is 24.5 Å². The first kappa shape index (κ1) is 32.8. The average Bonchev–Trinajstić information content (AvgIpc) is 3.62. The molecular weight excluding hydrogens is 793 g/mol. The van der Waals surface area contributed by atoms with Gasteiger partial charge < -0.3 is 9.40 Å². The number of pyridine rings is 2. The summed E-state index contributed by atoms with van der Waals surface area (Å²) >= 11 is -1.87. The van der Waals surface area contributed by atoms with Crippen LogP contribution in [0.2, 0.25) is 17.3 Å². The van der Waals surface area contributed by atoms with Gasteiger partial charge in [-0.05, 0) is 31.2 Å². The number of imidazole rings is 1. The number of rotatable bonds is 6. The summed E-state index contributed by atoms with van der Waals surface area (Å²) < 4.78 is 7.56. The van der Waals surface area contributed by atoms with Gasteiger partial charge in [-0.15, -0.1) is 18.2 Å². The summed E-state index contributed by atoms with van der Waals surface area (Å²) in [7, 11) is 0. The van der Waals surface area contributed by atoms with Crippen LogP contribution in [-0.2, 0) is 26.5 Å². The zero-order valence-corrected chi connectivity index (χ0v) is 31.2.